The molecule has 0 radical (unpaired) electrons. The Bertz CT molecular complexity index is 780. The number of hydrogen-bond acceptors (Lipinski definition) is 3. The third-order valence-electron chi connectivity index (χ3n) is 2.98. The van der Waals surface area contributed by atoms with Crippen LogP contribution in [-0.4, -0.2) is 16.8 Å². The van der Waals surface area contributed by atoms with Gasteiger partial charge in [-0.05, 0) is 39.0 Å². The number of carbonyl (C=O) groups excluding carboxylic acids is 1. The maximum atomic E-state index is 12.7. The summed E-state index contributed by atoms with van der Waals surface area (Å²) in [5, 5.41) is 0.607. The number of rotatable bonds is 2. The van der Waals surface area contributed by atoms with Crippen molar-refractivity contribution in [3.63, 3.8) is 0 Å². The average molecular weight is 364 g/mol. The molecule has 0 N–H and O–H groups in total. The van der Waals surface area contributed by atoms with E-state index in [2.05, 4.69) is 0 Å². The Labute approximate surface area is 141 Å². The first-order valence-corrected chi connectivity index (χ1v) is 7.54. The van der Waals surface area contributed by atoms with Crippen LogP contribution in [0.1, 0.15) is 19.6 Å². The first kappa shape index (κ1) is 16.9. The molecule has 0 saturated heterocycles. The second-order valence-corrected chi connectivity index (χ2v) is 6.12. The number of hydrogen-bond donors (Lipinski definition) is 0. The summed E-state index contributed by atoms with van der Waals surface area (Å²) in [5.74, 6) is 0.172. The highest BCUT2D eigenvalue weighted by Gasteiger charge is 2.27. The van der Waals surface area contributed by atoms with Gasteiger partial charge in [-0.1, -0.05) is 39.5 Å². The SMILES string of the molecule is Cc1on(C(=O)N(c2ccc(Cl)cc2Cl)C(C)C)c(=O)c1Cl. The van der Waals surface area contributed by atoms with E-state index in [9.17, 15) is 9.59 Å². The lowest BCUT2D eigenvalue weighted by Gasteiger charge is -2.26. The topological polar surface area (TPSA) is 55.5 Å². The molecule has 2 aromatic rings. The molecular weight excluding hydrogens is 351 g/mol. The number of halogens is 3. The molecule has 0 unspecified atom stereocenters. The molecular formula is C14H13Cl3N2O3. The minimum Gasteiger partial charge on any atom is -0.370 e. The van der Waals surface area contributed by atoms with Crippen LogP contribution in [0, 0.1) is 6.92 Å². The third kappa shape index (κ3) is 3.02. The van der Waals surface area contributed by atoms with Crippen LogP contribution < -0.4 is 10.5 Å². The van der Waals surface area contributed by atoms with Crippen molar-refractivity contribution < 1.29 is 9.32 Å². The van der Waals surface area contributed by atoms with Gasteiger partial charge in [-0.2, -0.15) is 0 Å². The highest BCUT2D eigenvalue weighted by molar-refractivity contribution is 6.36. The Balaban J connectivity index is 2.54. The molecule has 118 valence electrons. The van der Waals surface area contributed by atoms with E-state index < -0.39 is 11.6 Å². The molecule has 1 aromatic carbocycles. The fourth-order valence-electron chi connectivity index (χ4n) is 1.96. The van der Waals surface area contributed by atoms with Crippen molar-refractivity contribution in [1.82, 2.24) is 4.74 Å². The Morgan fingerprint density at radius 1 is 1.27 bits per heavy atom. The van der Waals surface area contributed by atoms with Gasteiger partial charge in [-0.3, -0.25) is 9.69 Å². The van der Waals surface area contributed by atoms with Crippen LogP contribution in [0.25, 0.3) is 0 Å². The molecule has 0 aliphatic heterocycles. The highest BCUT2D eigenvalue weighted by atomic mass is 35.5. The molecule has 8 heteroatoms. The molecule has 1 amide bonds. The predicted molar refractivity (Wildman–Crippen MR) is 87.6 cm³/mol. The molecule has 1 aromatic heterocycles. The van der Waals surface area contributed by atoms with Gasteiger partial charge in [0, 0.05) is 11.1 Å². The lowest BCUT2D eigenvalue weighted by atomic mass is 10.2. The fraction of sp³-hybridized carbons (Fsp3) is 0.286. The van der Waals surface area contributed by atoms with Crippen molar-refractivity contribution in [2.45, 2.75) is 26.8 Å². The molecule has 0 bridgehead atoms. The van der Waals surface area contributed by atoms with Crippen LogP contribution >= 0.6 is 34.8 Å². The molecule has 0 aliphatic rings. The highest BCUT2D eigenvalue weighted by Crippen LogP contribution is 2.30. The number of aromatic nitrogens is 1. The molecule has 0 fully saturated rings. The van der Waals surface area contributed by atoms with Crippen LogP contribution in [0.15, 0.2) is 27.5 Å². The number of amides is 1. The lowest BCUT2D eigenvalue weighted by molar-refractivity contribution is 0.210. The Morgan fingerprint density at radius 2 is 1.91 bits per heavy atom. The normalized spacial score (nSPS) is 11.0. The zero-order chi connectivity index (χ0) is 16.6. The van der Waals surface area contributed by atoms with Gasteiger partial charge in [0.2, 0.25) is 0 Å². The number of anilines is 1. The quantitative estimate of drug-likeness (QED) is 0.784. The summed E-state index contributed by atoms with van der Waals surface area (Å²) in [6, 6.07) is 3.77. The summed E-state index contributed by atoms with van der Waals surface area (Å²) in [6.45, 7) is 5.07. The number of nitrogens with zero attached hydrogens (tertiary/aromatic N) is 2. The third-order valence-corrected chi connectivity index (χ3v) is 3.94. The zero-order valence-electron chi connectivity index (χ0n) is 12.1. The number of carbonyl (C=O) groups is 1. The van der Waals surface area contributed by atoms with Crippen molar-refractivity contribution in [1.29, 1.82) is 0 Å². The predicted octanol–water partition coefficient (Wildman–Crippen LogP) is 4.59. The van der Waals surface area contributed by atoms with E-state index in [1.54, 1.807) is 26.0 Å². The Morgan fingerprint density at radius 3 is 2.36 bits per heavy atom. The first-order chi connectivity index (χ1) is 10.2. The van der Waals surface area contributed by atoms with E-state index in [4.69, 9.17) is 39.3 Å². The molecule has 22 heavy (non-hydrogen) atoms. The summed E-state index contributed by atoms with van der Waals surface area (Å²) in [5.41, 5.74) is -0.289. The van der Waals surface area contributed by atoms with E-state index in [1.807, 2.05) is 0 Å². The van der Waals surface area contributed by atoms with Crippen LogP contribution in [0.3, 0.4) is 0 Å². The first-order valence-electron chi connectivity index (χ1n) is 6.41. The van der Waals surface area contributed by atoms with Gasteiger partial charge >= 0.3 is 11.6 Å². The Kier molecular flexibility index (Phi) is 4.90. The minimum absolute atomic E-state index is 0.126. The molecule has 0 aliphatic carbocycles. The maximum absolute atomic E-state index is 12.7. The molecule has 0 atom stereocenters. The average Bonchev–Trinajstić information content (AvgIpc) is 2.69. The van der Waals surface area contributed by atoms with E-state index in [-0.39, 0.29) is 21.8 Å². The summed E-state index contributed by atoms with van der Waals surface area (Å²) in [4.78, 5) is 26.0. The summed E-state index contributed by atoms with van der Waals surface area (Å²) in [6.07, 6.45) is 0. The van der Waals surface area contributed by atoms with Gasteiger partial charge < -0.3 is 4.52 Å². The van der Waals surface area contributed by atoms with Crippen molar-refractivity contribution in [3.05, 3.63) is 49.4 Å². The van der Waals surface area contributed by atoms with Gasteiger partial charge in [0.25, 0.3) is 0 Å². The summed E-state index contributed by atoms with van der Waals surface area (Å²) in [7, 11) is 0. The van der Waals surface area contributed by atoms with Crippen LogP contribution in [0.2, 0.25) is 15.1 Å². The monoisotopic (exact) mass is 362 g/mol. The van der Waals surface area contributed by atoms with Gasteiger partial charge in [0.1, 0.15) is 5.02 Å². The van der Waals surface area contributed by atoms with E-state index in [0.717, 1.165) is 0 Å². The second-order valence-electron chi connectivity index (χ2n) is 4.90. The van der Waals surface area contributed by atoms with Gasteiger partial charge in [-0.25, -0.2) is 4.79 Å². The zero-order valence-corrected chi connectivity index (χ0v) is 14.3. The van der Waals surface area contributed by atoms with E-state index in [1.165, 1.54) is 17.9 Å². The Hall–Kier alpha value is -1.43. The molecule has 1 heterocycles. The molecule has 5 nitrogen and oxygen atoms in total. The second kappa shape index (κ2) is 6.36. The molecule has 0 saturated carbocycles. The van der Waals surface area contributed by atoms with Crippen LogP contribution in [0.5, 0.6) is 0 Å². The lowest BCUT2D eigenvalue weighted by Crippen LogP contribution is -2.43. The van der Waals surface area contributed by atoms with Crippen molar-refractivity contribution >= 4 is 46.5 Å². The summed E-state index contributed by atoms with van der Waals surface area (Å²) >= 11 is 17.8. The van der Waals surface area contributed by atoms with Gasteiger partial charge in [0.15, 0.2) is 5.76 Å². The van der Waals surface area contributed by atoms with Crippen LogP contribution in [-0.2, 0) is 0 Å². The van der Waals surface area contributed by atoms with Gasteiger partial charge in [-0.15, -0.1) is 0 Å². The van der Waals surface area contributed by atoms with Crippen molar-refractivity contribution in [2.75, 3.05) is 4.90 Å². The van der Waals surface area contributed by atoms with E-state index in [0.29, 0.717) is 15.4 Å². The molecule has 2 rings (SSSR count). The van der Waals surface area contributed by atoms with Crippen LogP contribution in [0.4, 0.5) is 10.5 Å². The largest absolute Gasteiger partial charge is 0.370 e. The standard InChI is InChI=1S/C14H13Cl3N2O3/c1-7(2)18(11-5-4-9(15)6-10(11)16)14(21)19-13(20)12(17)8(3)22-19/h4-7H,1-3H3. The smallest absolute Gasteiger partial charge is 0.365 e. The summed E-state index contributed by atoms with van der Waals surface area (Å²) < 4.78 is 5.75. The minimum atomic E-state index is -0.708. The van der Waals surface area contributed by atoms with Gasteiger partial charge in [0.05, 0.1) is 10.7 Å². The fourth-order valence-corrected chi connectivity index (χ4v) is 2.57. The van der Waals surface area contributed by atoms with Crippen molar-refractivity contribution in [2.24, 2.45) is 0 Å². The number of benzene rings is 1. The maximum Gasteiger partial charge on any atom is 0.365 e. The van der Waals surface area contributed by atoms with E-state index >= 15 is 0 Å². The number of aryl methyl sites for hydroxylation is 1. The van der Waals surface area contributed by atoms with Crippen molar-refractivity contribution in [3.8, 4) is 0 Å². The molecule has 0 spiro atoms.